The van der Waals surface area contributed by atoms with Gasteiger partial charge < -0.3 is 5.32 Å². The van der Waals surface area contributed by atoms with E-state index in [4.69, 9.17) is 0 Å². The number of carbonyl (C=O) groups is 1. The van der Waals surface area contributed by atoms with Gasteiger partial charge in [0.25, 0.3) is 5.91 Å². The highest BCUT2D eigenvalue weighted by Crippen LogP contribution is 2.14. The van der Waals surface area contributed by atoms with E-state index in [1.807, 2.05) is 37.3 Å². The van der Waals surface area contributed by atoms with E-state index in [1.54, 1.807) is 10.9 Å². The lowest BCUT2D eigenvalue weighted by atomic mass is 10.0. The predicted octanol–water partition coefficient (Wildman–Crippen LogP) is 3.38. The van der Waals surface area contributed by atoms with Gasteiger partial charge in [-0.25, -0.2) is 4.68 Å². The van der Waals surface area contributed by atoms with E-state index in [0.29, 0.717) is 12.2 Å². The second-order valence-corrected chi connectivity index (χ2v) is 6.08. The Labute approximate surface area is 147 Å². The molecule has 1 atom stereocenters. The van der Waals surface area contributed by atoms with Crippen LogP contribution in [0.15, 0.2) is 60.8 Å². The third kappa shape index (κ3) is 4.32. The number of aromatic nitrogens is 3. The van der Waals surface area contributed by atoms with Crippen molar-refractivity contribution in [3.8, 4) is 0 Å². The Morgan fingerprint density at radius 1 is 1.08 bits per heavy atom. The van der Waals surface area contributed by atoms with E-state index in [0.717, 1.165) is 17.5 Å². The van der Waals surface area contributed by atoms with Crippen molar-refractivity contribution in [1.82, 2.24) is 20.3 Å². The van der Waals surface area contributed by atoms with Crippen LogP contribution in [0, 0.1) is 0 Å². The van der Waals surface area contributed by atoms with Gasteiger partial charge in [0.05, 0.1) is 18.8 Å². The van der Waals surface area contributed by atoms with E-state index in [9.17, 15) is 4.79 Å². The Kier molecular flexibility index (Phi) is 5.23. The third-order valence-electron chi connectivity index (χ3n) is 4.19. The van der Waals surface area contributed by atoms with Crippen molar-refractivity contribution in [1.29, 1.82) is 0 Å². The molecule has 0 spiro atoms. The average Bonchev–Trinajstić information content (AvgIpc) is 3.11. The lowest BCUT2D eigenvalue weighted by Crippen LogP contribution is -2.27. The number of nitrogens with one attached hydrogen (secondary N) is 1. The van der Waals surface area contributed by atoms with Crippen molar-refractivity contribution in [2.45, 2.75) is 32.9 Å². The predicted molar refractivity (Wildman–Crippen MR) is 97.3 cm³/mol. The van der Waals surface area contributed by atoms with E-state index >= 15 is 0 Å². The Balaban J connectivity index is 1.62. The van der Waals surface area contributed by atoms with Gasteiger partial charge in [0.2, 0.25) is 0 Å². The minimum Gasteiger partial charge on any atom is -0.344 e. The van der Waals surface area contributed by atoms with E-state index in [-0.39, 0.29) is 11.9 Å². The largest absolute Gasteiger partial charge is 0.344 e. The molecule has 5 nitrogen and oxygen atoms in total. The number of hydrogen-bond donors (Lipinski definition) is 1. The molecule has 0 fully saturated rings. The molecular weight excluding hydrogens is 312 g/mol. The molecule has 0 aliphatic heterocycles. The lowest BCUT2D eigenvalue weighted by molar-refractivity contribution is 0.0934. The molecule has 3 aromatic rings. The number of benzene rings is 2. The molecule has 0 aliphatic rings. The van der Waals surface area contributed by atoms with Crippen LogP contribution < -0.4 is 5.32 Å². The highest BCUT2D eigenvalue weighted by atomic mass is 16.2. The summed E-state index contributed by atoms with van der Waals surface area (Å²) in [7, 11) is 0. The zero-order valence-corrected chi connectivity index (χ0v) is 14.5. The molecule has 0 saturated carbocycles. The van der Waals surface area contributed by atoms with Gasteiger partial charge in [-0.1, -0.05) is 66.7 Å². The van der Waals surface area contributed by atoms with Crippen LogP contribution in [0.25, 0.3) is 0 Å². The van der Waals surface area contributed by atoms with Gasteiger partial charge in [0, 0.05) is 0 Å². The molecule has 1 heterocycles. The third-order valence-corrected chi connectivity index (χ3v) is 4.19. The summed E-state index contributed by atoms with van der Waals surface area (Å²) in [6.45, 7) is 4.68. The lowest BCUT2D eigenvalue weighted by Gasteiger charge is -2.13. The first-order valence-electron chi connectivity index (χ1n) is 8.49. The van der Waals surface area contributed by atoms with Crippen molar-refractivity contribution in [2.24, 2.45) is 0 Å². The van der Waals surface area contributed by atoms with E-state index in [1.165, 1.54) is 5.56 Å². The summed E-state index contributed by atoms with van der Waals surface area (Å²) in [6.07, 6.45) is 2.68. The number of carbonyl (C=O) groups excluding carboxylic acids is 1. The van der Waals surface area contributed by atoms with Crippen LogP contribution >= 0.6 is 0 Å². The number of rotatable bonds is 6. The molecule has 25 heavy (non-hydrogen) atoms. The molecule has 1 N–H and O–H groups in total. The van der Waals surface area contributed by atoms with Gasteiger partial charge in [-0.3, -0.25) is 4.79 Å². The van der Waals surface area contributed by atoms with Gasteiger partial charge in [-0.2, -0.15) is 0 Å². The van der Waals surface area contributed by atoms with E-state index in [2.05, 4.69) is 46.8 Å². The highest BCUT2D eigenvalue weighted by molar-refractivity contribution is 5.92. The summed E-state index contributed by atoms with van der Waals surface area (Å²) in [5.74, 6) is -0.216. The van der Waals surface area contributed by atoms with Gasteiger partial charge in [-0.05, 0) is 30.0 Å². The molecule has 128 valence electrons. The fourth-order valence-corrected chi connectivity index (χ4v) is 2.65. The van der Waals surface area contributed by atoms with Gasteiger partial charge >= 0.3 is 0 Å². The summed E-state index contributed by atoms with van der Waals surface area (Å²) in [5, 5.41) is 11.0. The van der Waals surface area contributed by atoms with Crippen molar-refractivity contribution >= 4 is 5.91 Å². The molecule has 0 aliphatic carbocycles. The van der Waals surface area contributed by atoms with Crippen molar-refractivity contribution in [3.05, 3.63) is 83.2 Å². The molecular formula is C20H22N4O. The Bertz CT molecular complexity index is 824. The van der Waals surface area contributed by atoms with Crippen LogP contribution in [0.1, 0.15) is 47.1 Å². The van der Waals surface area contributed by atoms with Crippen molar-refractivity contribution in [3.63, 3.8) is 0 Å². The smallest absolute Gasteiger partial charge is 0.273 e. The maximum absolute atomic E-state index is 12.4. The second kappa shape index (κ2) is 7.75. The monoisotopic (exact) mass is 334 g/mol. The quantitative estimate of drug-likeness (QED) is 0.752. The Hall–Kier alpha value is -2.95. The van der Waals surface area contributed by atoms with Crippen LogP contribution in [-0.2, 0) is 13.0 Å². The summed E-state index contributed by atoms with van der Waals surface area (Å²) in [5.41, 5.74) is 3.80. The molecule has 5 heteroatoms. The molecule has 1 aromatic heterocycles. The summed E-state index contributed by atoms with van der Waals surface area (Å²) >= 11 is 0. The first-order chi connectivity index (χ1) is 12.2. The number of nitrogens with zero attached hydrogens (tertiary/aromatic N) is 3. The second-order valence-electron chi connectivity index (χ2n) is 6.08. The van der Waals surface area contributed by atoms with Crippen molar-refractivity contribution in [2.75, 3.05) is 0 Å². The fraction of sp³-hybridized carbons (Fsp3) is 0.250. The molecule has 1 amide bonds. The summed E-state index contributed by atoms with van der Waals surface area (Å²) in [4.78, 5) is 12.4. The molecule has 0 bridgehead atoms. The zero-order valence-electron chi connectivity index (χ0n) is 14.5. The van der Waals surface area contributed by atoms with Gasteiger partial charge in [0.15, 0.2) is 5.69 Å². The van der Waals surface area contributed by atoms with Crippen LogP contribution in [0.3, 0.4) is 0 Å². The van der Waals surface area contributed by atoms with Gasteiger partial charge in [-0.15, -0.1) is 5.10 Å². The van der Waals surface area contributed by atoms with Crippen LogP contribution in [-0.4, -0.2) is 20.9 Å². The fourth-order valence-electron chi connectivity index (χ4n) is 2.65. The minimum atomic E-state index is -0.216. The molecule has 0 radical (unpaired) electrons. The van der Waals surface area contributed by atoms with Crippen LogP contribution in [0.2, 0.25) is 0 Å². The maximum Gasteiger partial charge on any atom is 0.273 e. The maximum atomic E-state index is 12.4. The SMILES string of the molecule is CCc1ccc(C(C)NC(=O)c2cn(Cc3ccccc3)nn2)cc1. The average molecular weight is 334 g/mol. The topological polar surface area (TPSA) is 59.8 Å². The first-order valence-corrected chi connectivity index (χ1v) is 8.49. The Morgan fingerprint density at radius 2 is 1.80 bits per heavy atom. The minimum absolute atomic E-state index is 0.0855. The van der Waals surface area contributed by atoms with Crippen LogP contribution in [0.4, 0.5) is 0 Å². The standard InChI is InChI=1S/C20H22N4O/c1-3-16-9-11-18(12-10-16)15(2)21-20(25)19-14-24(23-22-19)13-17-7-5-4-6-8-17/h4-12,14-15H,3,13H2,1-2H3,(H,21,25). The summed E-state index contributed by atoms with van der Waals surface area (Å²) < 4.78 is 1.67. The number of amides is 1. The molecule has 0 saturated heterocycles. The first kappa shape index (κ1) is 16.9. The number of aryl methyl sites for hydroxylation is 1. The summed E-state index contributed by atoms with van der Waals surface area (Å²) in [6, 6.07) is 18.2. The molecule has 1 unspecified atom stereocenters. The molecule has 2 aromatic carbocycles. The van der Waals surface area contributed by atoms with Crippen LogP contribution in [0.5, 0.6) is 0 Å². The van der Waals surface area contributed by atoms with E-state index < -0.39 is 0 Å². The van der Waals surface area contributed by atoms with Gasteiger partial charge in [0.1, 0.15) is 0 Å². The Morgan fingerprint density at radius 3 is 2.48 bits per heavy atom. The highest BCUT2D eigenvalue weighted by Gasteiger charge is 2.15. The zero-order chi connectivity index (χ0) is 17.6. The normalized spacial score (nSPS) is 11.9. The molecule has 3 rings (SSSR count). The number of hydrogen-bond acceptors (Lipinski definition) is 3. The van der Waals surface area contributed by atoms with Crippen molar-refractivity contribution < 1.29 is 4.79 Å².